The standard InChI is InChI=1S/C35H39N5O7S/c1-4-46-30-10-6-5-9-27(30)35(47-34(42)39-21-19-38(20-22-39)26-15-17-37(2)18-16-26)28-23-25(24-36)13-14-29(28)40(33(35)41)48(43,44)32-12-8-7-11-31(32)45-3/h5-14,23,26H,4,15-22H2,1-3H3. The third-order valence-corrected chi connectivity index (χ3v) is 11.1. The zero-order chi connectivity index (χ0) is 34.1. The maximum Gasteiger partial charge on any atom is 0.411 e. The lowest BCUT2D eigenvalue weighted by Gasteiger charge is -2.42. The van der Waals surface area contributed by atoms with Gasteiger partial charge in [-0.3, -0.25) is 9.69 Å². The third kappa shape index (κ3) is 5.74. The Morgan fingerprint density at radius 2 is 1.60 bits per heavy atom. The smallest absolute Gasteiger partial charge is 0.411 e. The molecule has 0 aliphatic carbocycles. The molecule has 0 aromatic heterocycles. The van der Waals surface area contributed by atoms with Gasteiger partial charge in [-0.05, 0) is 76.3 Å². The van der Waals surface area contributed by atoms with Crippen LogP contribution in [0.25, 0.3) is 0 Å². The summed E-state index contributed by atoms with van der Waals surface area (Å²) in [6.45, 7) is 6.07. The predicted molar refractivity (Wildman–Crippen MR) is 177 cm³/mol. The fraction of sp³-hybridized carbons (Fsp3) is 0.400. The Balaban J connectivity index is 1.45. The highest BCUT2D eigenvalue weighted by molar-refractivity contribution is 7.93. The van der Waals surface area contributed by atoms with E-state index in [4.69, 9.17) is 14.2 Å². The van der Waals surface area contributed by atoms with Crippen LogP contribution in [0.15, 0.2) is 71.6 Å². The maximum absolute atomic E-state index is 15.0. The van der Waals surface area contributed by atoms with Gasteiger partial charge in [0.25, 0.3) is 15.9 Å². The molecule has 3 aliphatic heterocycles. The lowest BCUT2D eigenvalue weighted by atomic mass is 9.85. The molecule has 2 amide bonds. The Kier molecular flexibility index (Phi) is 9.33. The van der Waals surface area contributed by atoms with Gasteiger partial charge in [-0.25, -0.2) is 13.2 Å². The van der Waals surface area contributed by atoms with Crippen molar-refractivity contribution < 1.29 is 32.2 Å². The largest absolute Gasteiger partial charge is 0.495 e. The topological polar surface area (TPSA) is 133 Å². The Hall–Kier alpha value is -4.64. The summed E-state index contributed by atoms with van der Waals surface area (Å²) >= 11 is 0. The fourth-order valence-electron chi connectivity index (χ4n) is 6.88. The number of nitriles is 1. The van der Waals surface area contributed by atoms with E-state index < -0.39 is 27.6 Å². The number of likely N-dealkylation sites (tertiary alicyclic amines) is 1. The average Bonchev–Trinajstić information content (AvgIpc) is 3.36. The van der Waals surface area contributed by atoms with Crippen molar-refractivity contribution in [2.75, 3.05) is 64.3 Å². The maximum atomic E-state index is 15.0. The molecule has 1 atom stereocenters. The van der Waals surface area contributed by atoms with E-state index in [0.717, 1.165) is 25.9 Å². The molecule has 13 heteroatoms. The van der Waals surface area contributed by atoms with Crippen LogP contribution >= 0.6 is 0 Å². The van der Waals surface area contributed by atoms with Gasteiger partial charge in [0.05, 0.1) is 36.6 Å². The molecule has 0 radical (unpaired) electrons. The number of para-hydroxylation sites is 2. The Bertz CT molecular complexity index is 1850. The van der Waals surface area contributed by atoms with Crippen LogP contribution in [0.1, 0.15) is 36.5 Å². The third-order valence-electron chi connectivity index (χ3n) is 9.38. The second kappa shape index (κ2) is 13.5. The predicted octanol–water partition coefficient (Wildman–Crippen LogP) is 3.79. The number of anilines is 1. The number of hydrogen-bond donors (Lipinski definition) is 0. The number of carbonyl (C=O) groups excluding carboxylic acids is 2. The number of methoxy groups -OCH3 is 1. The highest BCUT2D eigenvalue weighted by Gasteiger charge is 2.61. The molecule has 252 valence electrons. The van der Waals surface area contributed by atoms with E-state index in [9.17, 15) is 18.5 Å². The van der Waals surface area contributed by atoms with E-state index in [1.54, 1.807) is 42.2 Å². The van der Waals surface area contributed by atoms with Crippen LogP contribution in [-0.4, -0.2) is 101 Å². The van der Waals surface area contributed by atoms with Gasteiger partial charge in [-0.15, -0.1) is 0 Å². The number of nitrogens with zero attached hydrogens (tertiary/aromatic N) is 5. The molecule has 3 aliphatic rings. The van der Waals surface area contributed by atoms with Gasteiger partial charge in [0.1, 0.15) is 16.4 Å². The minimum atomic E-state index is -4.63. The summed E-state index contributed by atoms with van der Waals surface area (Å²) in [5.74, 6) is -0.769. The number of amides is 2. The molecule has 48 heavy (non-hydrogen) atoms. The van der Waals surface area contributed by atoms with E-state index in [2.05, 4.69) is 22.9 Å². The Morgan fingerprint density at radius 3 is 2.27 bits per heavy atom. The Labute approximate surface area is 281 Å². The molecule has 1 unspecified atom stereocenters. The van der Waals surface area contributed by atoms with Crippen LogP contribution in [0.2, 0.25) is 0 Å². The highest BCUT2D eigenvalue weighted by atomic mass is 32.2. The summed E-state index contributed by atoms with van der Waals surface area (Å²) in [6, 6.07) is 19.3. The molecule has 3 aromatic rings. The second-order valence-electron chi connectivity index (χ2n) is 12.1. The van der Waals surface area contributed by atoms with Crippen LogP contribution in [0.5, 0.6) is 11.5 Å². The monoisotopic (exact) mass is 673 g/mol. The number of hydrogen-bond acceptors (Lipinski definition) is 10. The van der Waals surface area contributed by atoms with Crippen LogP contribution in [0, 0.1) is 11.3 Å². The lowest BCUT2D eigenvalue weighted by molar-refractivity contribution is -0.132. The van der Waals surface area contributed by atoms with Gasteiger partial charge >= 0.3 is 6.09 Å². The van der Waals surface area contributed by atoms with Crippen LogP contribution in [0.4, 0.5) is 10.5 Å². The van der Waals surface area contributed by atoms with E-state index in [1.807, 2.05) is 0 Å². The SMILES string of the molecule is CCOc1ccccc1C1(OC(=O)N2CCN(C3CCN(C)CC3)CC2)C(=O)N(S(=O)(=O)c2ccccc2OC)c2ccc(C#N)cc21. The van der Waals surface area contributed by atoms with Crippen molar-refractivity contribution in [3.8, 4) is 17.6 Å². The van der Waals surface area contributed by atoms with Crippen LogP contribution in [0.3, 0.4) is 0 Å². The molecule has 0 spiro atoms. The van der Waals surface area contributed by atoms with Gasteiger partial charge in [0.15, 0.2) is 0 Å². The van der Waals surface area contributed by atoms with Gasteiger partial charge in [0.2, 0.25) is 5.60 Å². The first-order valence-corrected chi connectivity index (χ1v) is 17.5. The summed E-state index contributed by atoms with van der Waals surface area (Å²) < 4.78 is 47.2. The number of ether oxygens (including phenoxy) is 3. The number of carbonyl (C=O) groups is 2. The molecular weight excluding hydrogens is 634 g/mol. The number of piperazine rings is 1. The van der Waals surface area contributed by atoms with Crippen molar-refractivity contribution in [3.63, 3.8) is 0 Å². The molecule has 0 N–H and O–H groups in total. The number of benzene rings is 3. The van der Waals surface area contributed by atoms with E-state index >= 15 is 4.79 Å². The van der Waals surface area contributed by atoms with Crippen molar-refractivity contribution in [1.29, 1.82) is 5.26 Å². The summed E-state index contributed by atoms with van der Waals surface area (Å²) in [6.07, 6.45) is 1.34. The summed E-state index contributed by atoms with van der Waals surface area (Å²) in [5.41, 5.74) is -2.01. The highest BCUT2D eigenvalue weighted by Crippen LogP contribution is 2.52. The number of sulfonamides is 1. The quantitative estimate of drug-likeness (QED) is 0.348. The number of piperidine rings is 1. The van der Waals surface area contributed by atoms with E-state index in [0.29, 0.717) is 36.5 Å². The molecule has 3 aromatic carbocycles. The van der Waals surface area contributed by atoms with Crippen LogP contribution < -0.4 is 13.8 Å². The zero-order valence-corrected chi connectivity index (χ0v) is 28.1. The molecular formula is C35H39N5O7S. The van der Waals surface area contributed by atoms with Crippen molar-refractivity contribution in [2.45, 2.75) is 36.3 Å². The van der Waals surface area contributed by atoms with Crippen LogP contribution in [-0.2, 0) is 25.2 Å². The first kappa shape index (κ1) is 33.3. The Morgan fingerprint density at radius 1 is 0.938 bits per heavy atom. The molecule has 3 heterocycles. The zero-order valence-electron chi connectivity index (χ0n) is 27.3. The van der Waals surface area contributed by atoms with Crippen molar-refractivity contribution in [3.05, 3.63) is 83.4 Å². The van der Waals surface area contributed by atoms with E-state index in [-0.39, 0.29) is 45.4 Å². The molecule has 12 nitrogen and oxygen atoms in total. The normalized spacial score (nSPS) is 20.7. The van der Waals surface area contributed by atoms with Crippen molar-refractivity contribution in [1.82, 2.24) is 14.7 Å². The molecule has 0 bridgehead atoms. The lowest BCUT2D eigenvalue weighted by Crippen LogP contribution is -2.55. The summed E-state index contributed by atoms with van der Waals surface area (Å²) in [5, 5.41) is 9.89. The minimum absolute atomic E-state index is 0.0344. The first-order valence-electron chi connectivity index (χ1n) is 16.1. The molecule has 2 fully saturated rings. The molecule has 6 rings (SSSR count). The summed E-state index contributed by atoms with van der Waals surface area (Å²) in [4.78, 5) is 35.2. The number of rotatable bonds is 8. The van der Waals surface area contributed by atoms with E-state index in [1.165, 1.54) is 43.5 Å². The first-order chi connectivity index (χ1) is 23.1. The van der Waals surface area contributed by atoms with Gasteiger partial charge < -0.3 is 24.0 Å². The minimum Gasteiger partial charge on any atom is -0.495 e. The fourth-order valence-corrected chi connectivity index (χ4v) is 8.50. The molecule has 0 saturated carbocycles. The van der Waals surface area contributed by atoms with Crippen molar-refractivity contribution in [2.24, 2.45) is 0 Å². The van der Waals surface area contributed by atoms with Gasteiger partial charge in [-0.1, -0.05) is 30.3 Å². The van der Waals surface area contributed by atoms with Crippen molar-refractivity contribution >= 4 is 27.7 Å². The van der Waals surface area contributed by atoms with Gasteiger partial charge in [0, 0.05) is 37.8 Å². The number of fused-ring (bicyclic) bond motifs is 1. The molecule has 2 saturated heterocycles. The summed E-state index contributed by atoms with van der Waals surface area (Å²) in [7, 11) is -1.18. The second-order valence-corrected chi connectivity index (χ2v) is 13.9. The average molecular weight is 674 g/mol. The van der Waals surface area contributed by atoms with Gasteiger partial charge in [-0.2, -0.15) is 9.57 Å².